The van der Waals surface area contributed by atoms with Crippen molar-refractivity contribution in [2.24, 2.45) is 4.99 Å². The average Bonchev–Trinajstić information content (AvgIpc) is 2.92. The summed E-state index contributed by atoms with van der Waals surface area (Å²) in [6.07, 6.45) is 3.78. The molecule has 0 aliphatic carbocycles. The van der Waals surface area contributed by atoms with Gasteiger partial charge in [0.2, 0.25) is 0 Å². The molecule has 210 valence electrons. The Morgan fingerprint density at radius 1 is 1.22 bits per heavy atom. The second-order valence-electron chi connectivity index (χ2n) is 8.73. The number of anilines is 3. The van der Waals surface area contributed by atoms with E-state index in [-0.39, 0.29) is 22.3 Å². The number of carbonyl (C=O) groups excluding carboxylic acids is 1. The van der Waals surface area contributed by atoms with Crippen molar-refractivity contribution in [2.75, 3.05) is 37.9 Å². The molecule has 0 fully saturated rings. The lowest BCUT2D eigenvalue weighted by Gasteiger charge is -2.16. The Morgan fingerprint density at radius 3 is 2.80 bits per heavy atom. The van der Waals surface area contributed by atoms with Gasteiger partial charge < -0.3 is 30.0 Å². The number of rotatable bonds is 10. The first-order valence-corrected chi connectivity index (χ1v) is 12.6. The van der Waals surface area contributed by atoms with Crippen LogP contribution < -0.4 is 25.6 Å². The van der Waals surface area contributed by atoms with Crippen molar-refractivity contribution >= 4 is 51.9 Å². The number of halogens is 2. The number of amides is 1. The summed E-state index contributed by atoms with van der Waals surface area (Å²) in [4.78, 5) is 29.5. The van der Waals surface area contributed by atoms with E-state index >= 15 is 4.39 Å². The van der Waals surface area contributed by atoms with E-state index < -0.39 is 11.7 Å². The Bertz CT molecular complexity index is 1730. The number of fused-ring (bicyclic) bond motifs is 1. The van der Waals surface area contributed by atoms with Gasteiger partial charge in [0, 0.05) is 36.3 Å². The molecule has 0 radical (unpaired) electrons. The largest absolute Gasteiger partial charge is 0.490 e. The van der Waals surface area contributed by atoms with Gasteiger partial charge in [-0.15, -0.1) is 0 Å². The average molecular weight is 577 g/mol. The number of ether oxygens (including phenoxy) is 2. The number of hydrogen-bond donors (Lipinski definition) is 4. The van der Waals surface area contributed by atoms with Gasteiger partial charge in [0.05, 0.1) is 21.9 Å². The maximum absolute atomic E-state index is 15.2. The molecular weight excluding hydrogens is 551 g/mol. The molecule has 1 amide bonds. The third kappa shape index (κ3) is 7.57. The van der Waals surface area contributed by atoms with Crippen molar-refractivity contribution in [3.05, 3.63) is 65.2 Å². The molecule has 4 N–H and O–H groups in total. The van der Waals surface area contributed by atoms with Crippen LogP contribution in [0.3, 0.4) is 0 Å². The summed E-state index contributed by atoms with van der Waals surface area (Å²) in [5.41, 5.74) is 1.28. The normalized spacial score (nSPS) is 11.1. The molecule has 13 heteroatoms. The Kier molecular flexibility index (Phi) is 9.47. The zero-order valence-corrected chi connectivity index (χ0v) is 23.1. The predicted octanol–water partition coefficient (Wildman–Crippen LogP) is 4.70. The number of aromatic nitrogens is 3. The number of H-pyrrole nitrogens is 1. The molecule has 0 aliphatic heterocycles. The lowest BCUT2D eigenvalue weighted by atomic mass is 10.1. The summed E-state index contributed by atoms with van der Waals surface area (Å²) < 4.78 is 26.9. The van der Waals surface area contributed by atoms with E-state index in [4.69, 9.17) is 26.5 Å². The van der Waals surface area contributed by atoms with Gasteiger partial charge in [-0.25, -0.2) is 19.4 Å². The van der Waals surface area contributed by atoms with Gasteiger partial charge in [-0.1, -0.05) is 17.5 Å². The molecule has 0 atom stereocenters. The first kappa shape index (κ1) is 29.0. The Morgan fingerprint density at radius 2 is 2.05 bits per heavy atom. The molecule has 41 heavy (non-hydrogen) atoms. The van der Waals surface area contributed by atoms with Crippen molar-refractivity contribution in [3.63, 3.8) is 0 Å². The second kappa shape index (κ2) is 13.4. The molecule has 0 spiro atoms. The fourth-order valence-electron chi connectivity index (χ4n) is 3.60. The summed E-state index contributed by atoms with van der Waals surface area (Å²) in [5, 5.41) is 13.4. The SMILES string of the molecule is CC#CC(=O)Nc1cc2c(Nc3cc(Cl)c(Oc4cc[nH]/c(=N\C=N)c4)cc3F)ncnc2cc1OCCN(C)C. The quantitative estimate of drug-likeness (QED) is 0.122. The predicted molar refractivity (Wildman–Crippen MR) is 156 cm³/mol. The fourth-order valence-corrected chi connectivity index (χ4v) is 3.81. The van der Waals surface area contributed by atoms with Crippen molar-refractivity contribution in [1.29, 1.82) is 5.41 Å². The summed E-state index contributed by atoms with van der Waals surface area (Å²) >= 11 is 6.43. The van der Waals surface area contributed by atoms with Gasteiger partial charge in [0.25, 0.3) is 5.91 Å². The summed E-state index contributed by atoms with van der Waals surface area (Å²) in [6.45, 7) is 2.58. The van der Waals surface area contributed by atoms with E-state index in [1.54, 1.807) is 37.4 Å². The third-order valence-electron chi connectivity index (χ3n) is 5.48. The van der Waals surface area contributed by atoms with Gasteiger partial charge in [-0.3, -0.25) is 10.2 Å². The third-order valence-corrected chi connectivity index (χ3v) is 5.78. The van der Waals surface area contributed by atoms with E-state index in [9.17, 15) is 4.79 Å². The van der Waals surface area contributed by atoms with Crippen LogP contribution in [0.2, 0.25) is 5.02 Å². The lowest BCUT2D eigenvalue weighted by molar-refractivity contribution is -0.111. The molecule has 0 saturated heterocycles. The van der Waals surface area contributed by atoms with Gasteiger partial charge in [-0.05, 0) is 45.1 Å². The van der Waals surface area contributed by atoms with E-state index in [1.165, 1.54) is 12.4 Å². The summed E-state index contributed by atoms with van der Waals surface area (Å²) in [7, 11) is 3.84. The molecule has 2 aromatic carbocycles. The van der Waals surface area contributed by atoms with E-state index in [2.05, 4.69) is 42.4 Å². The van der Waals surface area contributed by atoms with Crippen LogP contribution in [-0.2, 0) is 4.79 Å². The van der Waals surface area contributed by atoms with E-state index in [1.807, 2.05) is 19.0 Å². The maximum Gasteiger partial charge on any atom is 0.300 e. The van der Waals surface area contributed by atoms with Gasteiger partial charge in [0.1, 0.15) is 53.6 Å². The standard InChI is InChI=1S/C28H26ClFN8O3/c1-4-5-27(39)36-23-11-18-21(14-25(23)40-9-8-38(2)3)34-16-35-28(18)37-22-12-19(29)24(13-20(22)30)41-17-6-7-32-26(10-17)33-15-31/h6-7,10-16H,8-9H2,1-3H3,(H,36,39)(H2,31,32,33)(H,34,35,37). The van der Waals surface area contributed by atoms with Crippen molar-refractivity contribution in [3.8, 4) is 29.1 Å². The Labute approximate surface area is 239 Å². The summed E-state index contributed by atoms with van der Waals surface area (Å²) in [6, 6.07) is 8.97. The van der Waals surface area contributed by atoms with Crippen LogP contribution in [0.25, 0.3) is 10.9 Å². The zero-order chi connectivity index (χ0) is 29.4. The molecule has 4 rings (SSSR count). The highest BCUT2D eigenvalue weighted by atomic mass is 35.5. The number of nitrogens with one attached hydrogen (secondary N) is 4. The van der Waals surface area contributed by atoms with Crippen molar-refractivity contribution in [1.82, 2.24) is 19.9 Å². The number of pyridine rings is 1. The number of hydrogen-bond acceptors (Lipinski definition) is 8. The number of aromatic amines is 1. The minimum Gasteiger partial charge on any atom is -0.490 e. The van der Waals surface area contributed by atoms with Crippen molar-refractivity contribution in [2.45, 2.75) is 6.92 Å². The van der Waals surface area contributed by atoms with Crippen LogP contribution in [0.5, 0.6) is 17.2 Å². The molecule has 0 bridgehead atoms. The van der Waals surface area contributed by atoms with Crippen LogP contribution in [-0.4, -0.2) is 59.3 Å². The lowest BCUT2D eigenvalue weighted by Crippen LogP contribution is -2.20. The number of benzene rings is 2. The minimum absolute atomic E-state index is 0.0389. The molecule has 4 aromatic rings. The fraction of sp³-hybridized carbons (Fsp3) is 0.179. The first-order chi connectivity index (χ1) is 19.8. The first-order valence-electron chi connectivity index (χ1n) is 12.2. The summed E-state index contributed by atoms with van der Waals surface area (Å²) in [5.74, 6) is 4.93. The molecular formula is C28H26ClFN8O3. The smallest absolute Gasteiger partial charge is 0.300 e. The highest BCUT2D eigenvalue weighted by Gasteiger charge is 2.16. The van der Waals surface area contributed by atoms with Crippen molar-refractivity contribution < 1.29 is 18.7 Å². The number of nitrogens with zero attached hydrogens (tertiary/aromatic N) is 4. The molecule has 2 aromatic heterocycles. The highest BCUT2D eigenvalue weighted by Crippen LogP contribution is 2.37. The topological polar surface area (TPSA) is 141 Å². The van der Waals surface area contributed by atoms with Crippen LogP contribution in [0.1, 0.15) is 6.92 Å². The van der Waals surface area contributed by atoms with Crippen LogP contribution in [0, 0.1) is 23.1 Å². The second-order valence-corrected chi connectivity index (χ2v) is 9.13. The monoisotopic (exact) mass is 576 g/mol. The van der Waals surface area contributed by atoms with E-state index in [0.717, 1.165) is 12.4 Å². The van der Waals surface area contributed by atoms with Gasteiger partial charge in [0.15, 0.2) is 0 Å². The minimum atomic E-state index is -0.654. The number of likely N-dealkylation sites (N-methyl/N-ethyl adjacent to an activating group) is 1. The van der Waals surface area contributed by atoms with Gasteiger partial charge >= 0.3 is 0 Å². The molecule has 0 unspecified atom stereocenters. The number of carbonyl (C=O) groups is 1. The molecule has 11 nitrogen and oxygen atoms in total. The van der Waals surface area contributed by atoms with Crippen LogP contribution >= 0.6 is 11.6 Å². The maximum atomic E-state index is 15.2. The van der Waals surface area contributed by atoms with E-state index in [0.29, 0.717) is 46.7 Å². The van der Waals surface area contributed by atoms with Gasteiger partial charge in [-0.2, -0.15) is 0 Å². The molecule has 2 heterocycles. The van der Waals surface area contributed by atoms with Crippen LogP contribution in [0.15, 0.2) is 53.9 Å². The Hall–Kier alpha value is -4.99. The van der Waals surface area contributed by atoms with Crippen LogP contribution in [0.4, 0.5) is 21.6 Å². The highest BCUT2D eigenvalue weighted by molar-refractivity contribution is 6.32. The zero-order valence-electron chi connectivity index (χ0n) is 22.4. The Balaban J connectivity index is 1.66. The molecule has 0 aliphatic rings. The molecule has 0 saturated carbocycles.